The molecule has 238 valence electrons. The van der Waals surface area contributed by atoms with E-state index >= 15 is 0 Å². The summed E-state index contributed by atoms with van der Waals surface area (Å²) in [5, 5.41) is 20.3. The van der Waals surface area contributed by atoms with E-state index in [0.717, 1.165) is 44.6 Å². The van der Waals surface area contributed by atoms with Crippen molar-refractivity contribution in [2.75, 3.05) is 32.1 Å². The molecule has 44 heavy (non-hydrogen) atoms. The van der Waals surface area contributed by atoms with Crippen molar-refractivity contribution in [1.29, 1.82) is 0 Å². The lowest BCUT2D eigenvalue weighted by atomic mass is 9.69. The van der Waals surface area contributed by atoms with Gasteiger partial charge in [-0.2, -0.15) is 0 Å². The van der Waals surface area contributed by atoms with Gasteiger partial charge in [0.1, 0.15) is 17.1 Å². The van der Waals surface area contributed by atoms with E-state index in [2.05, 4.69) is 71.5 Å². The lowest BCUT2D eigenvalue weighted by Crippen LogP contribution is -2.61. The Morgan fingerprint density at radius 1 is 1.20 bits per heavy atom. The van der Waals surface area contributed by atoms with E-state index in [4.69, 9.17) is 4.74 Å². The van der Waals surface area contributed by atoms with Crippen LogP contribution in [0, 0.1) is 17.2 Å². The van der Waals surface area contributed by atoms with Gasteiger partial charge in [-0.05, 0) is 80.7 Å². The van der Waals surface area contributed by atoms with E-state index in [9.17, 15) is 9.18 Å². The van der Waals surface area contributed by atoms with E-state index in [1.165, 1.54) is 17.9 Å². The maximum Gasteiger partial charge on any atom is 0.277 e. The number of hydrogen-bond acceptors (Lipinski definition) is 8. The quantitative estimate of drug-likeness (QED) is 0.274. The van der Waals surface area contributed by atoms with Crippen LogP contribution in [-0.4, -0.2) is 70.9 Å². The van der Waals surface area contributed by atoms with Crippen LogP contribution in [0.15, 0.2) is 53.8 Å². The van der Waals surface area contributed by atoms with Crippen molar-refractivity contribution in [2.45, 2.75) is 84.2 Å². The topological polar surface area (TPSA) is 96.3 Å². The number of nitrogens with one attached hydrogen (secondary N) is 3. The summed E-state index contributed by atoms with van der Waals surface area (Å²) in [7, 11) is 1.50. The van der Waals surface area contributed by atoms with Gasteiger partial charge in [0.15, 0.2) is 0 Å². The van der Waals surface area contributed by atoms with Gasteiger partial charge in [0, 0.05) is 49.5 Å². The minimum atomic E-state index is -0.368. The maximum atomic E-state index is 14.4. The molecule has 3 N–H and O–H groups in total. The SMILES string of the molecule is C=C[C@]1(C)CC[C@H](NCC(Nc2ccc3c(=O)n(CCc4ccc(OC)cc4F)nnc3c2)N2C[C@@H](C)N[C@@H](C)C2)C(C)C1. The fourth-order valence-corrected chi connectivity index (χ4v) is 6.99. The highest BCUT2D eigenvalue weighted by Crippen LogP contribution is 2.39. The van der Waals surface area contributed by atoms with Crippen LogP contribution < -0.4 is 26.2 Å². The zero-order valence-electron chi connectivity index (χ0n) is 26.8. The number of fused-ring (bicyclic) bond motifs is 1. The first-order chi connectivity index (χ1) is 21.1. The van der Waals surface area contributed by atoms with Gasteiger partial charge in [-0.15, -0.1) is 11.7 Å². The number of hydrogen-bond donors (Lipinski definition) is 3. The molecule has 2 fully saturated rings. The Labute approximate surface area is 260 Å². The Kier molecular flexibility index (Phi) is 10.0. The number of allylic oxidation sites excluding steroid dienone is 1. The van der Waals surface area contributed by atoms with Crippen molar-refractivity contribution in [3.63, 3.8) is 0 Å². The normalized spacial score (nSPS) is 26.8. The van der Waals surface area contributed by atoms with Gasteiger partial charge in [-0.1, -0.05) is 31.2 Å². The van der Waals surface area contributed by atoms with Crippen LogP contribution in [0.25, 0.3) is 10.9 Å². The molecule has 6 atom stereocenters. The number of piperazine rings is 1. The second-order valence-electron chi connectivity index (χ2n) is 13.2. The molecule has 0 amide bonds. The fourth-order valence-electron chi connectivity index (χ4n) is 6.99. The number of halogens is 1. The Balaban J connectivity index is 1.30. The lowest BCUT2D eigenvalue weighted by Gasteiger charge is -2.44. The van der Waals surface area contributed by atoms with Crippen LogP contribution in [0.3, 0.4) is 0 Å². The Morgan fingerprint density at radius 3 is 2.66 bits per heavy atom. The molecule has 2 aromatic carbocycles. The number of ether oxygens (including phenoxy) is 1. The number of anilines is 1. The third-order valence-corrected chi connectivity index (χ3v) is 9.50. The monoisotopic (exact) mass is 605 g/mol. The van der Waals surface area contributed by atoms with Crippen molar-refractivity contribution in [1.82, 2.24) is 30.5 Å². The van der Waals surface area contributed by atoms with Crippen LogP contribution in [0.1, 0.15) is 52.5 Å². The number of nitrogens with zero attached hydrogens (tertiary/aromatic N) is 4. The van der Waals surface area contributed by atoms with E-state index in [0.29, 0.717) is 52.7 Å². The molecule has 0 bridgehead atoms. The minimum absolute atomic E-state index is 0.0621. The van der Waals surface area contributed by atoms with Gasteiger partial charge in [0.2, 0.25) is 0 Å². The molecule has 2 unspecified atom stereocenters. The van der Waals surface area contributed by atoms with E-state index < -0.39 is 0 Å². The summed E-state index contributed by atoms with van der Waals surface area (Å²) >= 11 is 0. The molecule has 0 spiro atoms. The molecule has 3 aromatic rings. The smallest absolute Gasteiger partial charge is 0.277 e. The number of benzene rings is 2. The zero-order valence-corrected chi connectivity index (χ0v) is 26.8. The van der Waals surface area contributed by atoms with Crippen LogP contribution in [0.2, 0.25) is 0 Å². The molecule has 9 nitrogen and oxygen atoms in total. The number of rotatable bonds is 11. The van der Waals surface area contributed by atoms with Gasteiger partial charge in [-0.25, -0.2) is 9.07 Å². The van der Waals surface area contributed by atoms with Crippen molar-refractivity contribution in [3.8, 4) is 5.75 Å². The van der Waals surface area contributed by atoms with E-state index in [1.807, 2.05) is 18.2 Å². The third kappa shape index (κ3) is 7.47. The molecule has 1 aliphatic heterocycles. The highest BCUT2D eigenvalue weighted by Gasteiger charge is 2.34. The predicted molar refractivity (Wildman–Crippen MR) is 175 cm³/mol. The summed E-state index contributed by atoms with van der Waals surface area (Å²) in [4.78, 5) is 15.8. The number of aryl methyl sites for hydroxylation is 2. The molecule has 1 aliphatic carbocycles. The van der Waals surface area contributed by atoms with Crippen molar-refractivity contribution in [3.05, 3.63) is 70.8 Å². The molecule has 2 heterocycles. The molecule has 0 radical (unpaired) electrons. The van der Waals surface area contributed by atoms with Crippen molar-refractivity contribution >= 4 is 16.6 Å². The summed E-state index contributed by atoms with van der Waals surface area (Å²) in [6.07, 6.45) is 5.93. The van der Waals surface area contributed by atoms with Gasteiger partial charge < -0.3 is 20.7 Å². The Hall–Kier alpha value is -3.34. The Morgan fingerprint density at radius 2 is 1.98 bits per heavy atom. The first kappa shape index (κ1) is 32.1. The second kappa shape index (κ2) is 13.7. The predicted octanol–water partition coefficient (Wildman–Crippen LogP) is 4.57. The highest BCUT2D eigenvalue weighted by molar-refractivity contribution is 5.80. The molecule has 1 saturated heterocycles. The number of methoxy groups -OCH3 is 1. The molecule has 10 heteroatoms. The standard InChI is InChI=1S/C34H48FN7O2/c1-7-34(5)14-12-30(22(2)18-34)36-19-32(41-20-23(3)37-24(4)21-41)38-26-9-11-28-31(16-26)39-40-42(33(28)43)15-13-25-8-10-27(44-6)17-29(25)35/h7-11,16-17,22-24,30,32,36-38H,1,12-15,18-21H2,2-6H3/t22?,23-,24+,30-,32?,34+/m0/s1. The summed E-state index contributed by atoms with van der Waals surface area (Å²) in [5.74, 6) is 0.650. The highest BCUT2D eigenvalue weighted by atomic mass is 19.1. The Bertz CT molecular complexity index is 1500. The first-order valence-corrected chi connectivity index (χ1v) is 15.9. The molecule has 1 saturated carbocycles. The lowest BCUT2D eigenvalue weighted by molar-refractivity contribution is 0.120. The summed E-state index contributed by atoms with van der Waals surface area (Å²) in [5.41, 5.74) is 1.90. The second-order valence-corrected chi connectivity index (χ2v) is 13.2. The number of aromatic nitrogens is 3. The zero-order chi connectivity index (χ0) is 31.4. The van der Waals surface area contributed by atoms with Crippen LogP contribution in [0.4, 0.5) is 10.1 Å². The van der Waals surface area contributed by atoms with Crippen LogP contribution in [-0.2, 0) is 13.0 Å². The van der Waals surface area contributed by atoms with Crippen LogP contribution >= 0.6 is 0 Å². The minimum Gasteiger partial charge on any atom is -0.497 e. The third-order valence-electron chi connectivity index (χ3n) is 9.50. The summed E-state index contributed by atoms with van der Waals surface area (Å²) < 4.78 is 20.8. The maximum absolute atomic E-state index is 14.4. The molecular formula is C34H48FN7O2. The molecule has 5 rings (SSSR count). The fraction of sp³-hybridized carbons (Fsp3) is 0.559. The van der Waals surface area contributed by atoms with Gasteiger partial charge in [0.05, 0.1) is 25.2 Å². The van der Waals surface area contributed by atoms with Crippen molar-refractivity contribution in [2.24, 2.45) is 11.3 Å². The average molecular weight is 606 g/mol. The molecular weight excluding hydrogens is 557 g/mol. The van der Waals surface area contributed by atoms with E-state index in [-0.39, 0.29) is 29.5 Å². The molecule has 2 aliphatic rings. The van der Waals surface area contributed by atoms with Crippen LogP contribution in [0.5, 0.6) is 5.75 Å². The summed E-state index contributed by atoms with van der Waals surface area (Å²) in [6.45, 7) is 16.1. The largest absolute Gasteiger partial charge is 0.497 e. The van der Waals surface area contributed by atoms with Gasteiger partial charge >= 0.3 is 0 Å². The first-order valence-electron chi connectivity index (χ1n) is 15.9. The summed E-state index contributed by atoms with van der Waals surface area (Å²) in [6, 6.07) is 11.6. The van der Waals surface area contributed by atoms with Crippen molar-refractivity contribution < 1.29 is 9.13 Å². The average Bonchev–Trinajstić information content (AvgIpc) is 2.99. The van der Waals surface area contributed by atoms with E-state index in [1.54, 1.807) is 12.1 Å². The molecule has 1 aromatic heterocycles. The van der Waals surface area contributed by atoms with Gasteiger partial charge in [0.25, 0.3) is 5.56 Å². The van der Waals surface area contributed by atoms with Gasteiger partial charge in [-0.3, -0.25) is 9.69 Å².